The zero-order valence-corrected chi connectivity index (χ0v) is 23.0. The Balaban J connectivity index is 1.46. The van der Waals surface area contributed by atoms with E-state index in [9.17, 15) is 18.8 Å². The average molecular weight is 573 g/mol. The molecular formula is C31H25FN2O6S. The highest BCUT2D eigenvalue weighted by Crippen LogP contribution is 2.30. The summed E-state index contributed by atoms with van der Waals surface area (Å²) in [6.45, 7) is 3.74. The highest BCUT2D eigenvalue weighted by atomic mass is 32.1. The molecule has 8 nitrogen and oxygen atoms in total. The zero-order chi connectivity index (χ0) is 29.1. The van der Waals surface area contributed by atoms with Gasteiger partial charge in [0.2, 0.25) is 0 Å². The number of rotatable bonds is 8. The summed E-state index contributed by atoms with van der Waals surface area (Å²) in [6.07, 6.45) is 1.73. The molecule has 41 heavy (non-hydrogen) atoms. The number of aromatic nitrogens is 1. The Morgan fingerprint density at radius 1 is 1.10 bits per heavy atom. The normalized spacial score (nSPS) is 14.8. The van der Waals surface area contributed by atoms with Crippen molar-refractivity contribution in [3.8, 4) is 5.75 Å². The zero-order valence-electron chi connectivity index (χ0n) is 22.2. The van der Waals surface area contributed by atoms with Gasteiger partial charge < -0.3 is 14.6 Å². The van der Waals surface area contributed by atoms with E-state index in [1.807, 2.05) is 0 Å². The average Bonchev–Trinajstić information content (AvgIpc) is 3.26. The smallest absolute Gasteiger partial charge is 0.338 e. The van der Waals surface area contributed by atoms with E-state index < -0.39 is 23.8 Å². The molecule has 1 aliphatic heterocycles. The Morgan fingerprint density at radius 2 is 1.83 bits per heavy atom. The van der Waals surface area contributed by atoms with Crippen molar-refractivity contribution < 1.29 is 28.6 Å². The monoisotopic (exact) mass is 572 g/mol. The lowest BCUT2D eigenvalue weighted by Crippen LogP contribution is -2.39. The van der Waals surface area contributed by atoms with Crippen molar-refractivity contribution in [3.05, 3.63) is 132 Å². The van der Waals surface area contributed by atoms with Gasteiger partial charge in [-0.1, -0.05) is 47.7 Å². The van der Waals surface area contributed by atoms with Gasteiger partial charge in [-0.05, 0) is 73.0 Å². The van der Waals surface area contributed by atoms with Crippen LogP contribution in [0.3, 0.4) is 0 Å². The van der Waals surface area contributed by atoms with Crippen LogP contribution in [0.25, 0.3) is 6.08 Å². The van der Waals surface area contributed by atoms with Crippen LogP contribution in [0.5, 0.6) is 5.75 Å². The molecule has 0 fully saturated rings. The molecule has 0 saturated heterocycles. The second-order valence-corrected chi connectivity index (χ2v) is 10.2. The first-order chi connectivity index (χ1) is 19.7. The number of esters is 1. The molecule has 1 atom stereocenters. The minimum absolute atomic E-state index is 0.157. The maximum atomic E-state index is 13.7. The van der Waals surface area contributed by atoms with Gasteiger partial charge in [-0.3, -0.25) is 9.36 Å². The van der Waals surface area contributed by atoms with Gasteiger partial charge in [0.05, 0.1) is 34.0 Å². The molecule has 208 valence electrons. The summed E-state index contributed by atoms with van der Waals surface area (Å²) in [7, 11) is 0. The van der Waals surface area contributed by atoms with E-state index in [2.05, 4.69) is 4.99 Å². The summed E-state index contributed by atoms with van der Waals surface area (Å²) in [5, 5.41) is 9.16. The van der Waals surface area contributed by atoms with Crippen molar-refractivity contribution in [2.45, 2.75) is 26.5 Å². The Bertz CT molecular complexity index is 1840. The van der Waals surface area contributed by atoms with E-state index in [0.717, 1.165) is 11.1 Å². The van der Waals surface area contributed by atoms with Crippen LogP contribution in [0.1, 0.15) is 46.9 Å². The number of hydrogen-bond acceptors (Lipinski definition) is 7. The van der Waals surface area contributed by atoms with Crippen LogP contribution in [0, 0.1) is 5.82 Å². The Kier molecular flexibility index (Phi) is 7.93. The summed E-state index contributed by atoms with van der Waals surface area (Å²) in [5.41, 5.74) is 2.55. The molecule has 0 amide bonds. The van der Waals surface area contributed by atoms with Crippen molar-refractivity contribution in [2.24, 2.45) is 4.99 Å². The van der Waals surface area contributed by atoms with Crippen LogP contribution >= 0.6 is 11.3 Å². The molecule has 2 heterocycles. The van der Waals surface area contributed by atoms with E-state index in [4.69, 9.17) is 14.6 Å². The Hall–Kier alpha value is -4.83. The van der Waals surface area contributed by atoms with E-state index in [0.29, 0.717) is 26.3 Å². The number of thiazole rings is 1. The topological polar surface area (TPSA) is 107 Å². The highest BCUT2D eigenvalue weighted by Gasteiger charge is 2.33. The Labute approximate surface area is 238 Å². The molecular weight excluding hydrogens is 547 g/mol. The molecule has 0 aliphatic carbocycles. The summed E-state index contributed by atoms with van der Waals surface area (Å²) in [5.74, 6) is -1.43. The summed E-state index contributed by atoms with van der Waals surface area (Å²) < 4.78 is 26.6. The van der Waals surface area contributed by atoms with Crippen molar-refractivity contribution in [2.75, 3.05) is 6.61 Å². The van der Waals surface area contributed by atoms with Gasteiger partial charge in [-0.25, -0.2) is 19.0 Å². The van der Waals surface area contributed by atoms with Crippen LogP contribution in [0.15, 0.2) is 93.9 Å². The lowest BCUT2D eigenvalue weighted by atomic mass is 9.96. The minimum Gasteiger partial charge on any atom is -0.489 e. The highest BCUT2D eigenvalue weighted by molar-refractivity contribution is 7.07. The van der Waals surface area contributed by atoms with Crippen molar-refractivity contribution in [1.82, 2.24) is 4.57 Å². The summed E-state index contributed by atoms with van der Waals surface area (Å²) in [6, 6.07) is 18.5. The molecule has 1 N–H and O–H groups in total. The number of carboxylic acids is 1. The lowest BCUT2D eigenvalue weighted by molar-refractivity contribution is -0.139. The molecule has 0 saturated carbocycles. The fourth-order valence-corrected chi connectivity index (χ4v) is 5.57. The van der Waals surface area contributed by atoms with Crippen LogP contribution < -0.4 is 19.6 Å². The SMILES string of the molecule is CCOC(=O)C1=C(C)N=c2s/c(=C\c3ccc(OCc4cccc(C(=O)O)c4)cc3)c(=O)n2[C@@H]1c1ccc(F)cc1. The van der Waals surface area contributed by atoms with E-state index in [-0.39, 0.29) is 29.9 Å². The molecule has 1 aromatic heterocycles. The molecule has 0 radical (unpaired) electrons. The van der Waals surface area contributed by atoms with Crippen LogP contribution in [-0.2, 0) is 16.1 Å². The summed E-state index contributed by atoms with van der Waals surface area (Å²) >= 11 is 1.19. The molecule has 0 spiro atoms. The fourth-order valence-electron chi connectivity index (χ4n) is 4.52. The lowest BCUT2D eigenvalue weighted by Gasteiger charge is -2.24. The van der Waals surface area contributed by atoms with Crippen molar-refractivity contribution in [3.63, 3.8) is 0 Å². The van der Waals surface area contributed by atoms with Gasteiger partial charge in [0.1, 0.15) is 18.2 Å². The van der Waals surface area contributed by atoms with Gasteiger partial charge in [-0.2, -0.15) is 0 Å². The van der Waals surface area contributed by atoms with Gasteiger partial charge in [-0.15, -0.1) is 0 Å². The maximum absolute atomic E-state index is 13.7. The third-order valence-electron chi connectivity index (χ3n) is 6.46. The molecule has 4 aromatic rings. The molecule has 0 unspecified atom stereocenters. The number of allylic oxidation sites excluding steroid dienone is 1. The number of hydrogen-bond donors (Lipinski definition) is 1. The van der Waals surface area contributed by atoms with Gasteiger partial charge in [0.25, 0.3) is 5.56 Å². The van der Waals surface area contributed by atoms with E-state index >= 15 is 0 Å². The van der Waals surface area contributed by atoms with Crippen molar-refractivity contribution >= 4 is 29.4 Å². The number of nitrogens with zero attached hydrogens (tertiary/aromatic N) is 2. The van der Waals surface area contributed by atoms with Gasteiger partial charge in [0.15, 0.2) is 4.80 Å². The standard InChI is InChI=1S/C31H25FN2O6S/c1-3-39-30(38)26-18(2)33-31-34(27(26)21-9-11-23(32)12-10-21)28(35)25(41-31)16-19-7-13-24(14-8-19)40-17-20-5-4-6-22(15-20)29(36)37/h4-16,27H,3,17H2,1-2H3,(H,36,37)/b25-16-/t27-/m1/s1. The van der Waals surface area contributed by atoms with Crippen LogP contribution in [-0.4, -0.2) is 28.2 Å². The third kappa shape index (κ3) is 5.87. The summed E-state index contributed by atoms with van der Waals surface area (Å²) in [4.78, 5) is 42.7. The fraction of sp³-hybridized carbons (Fsp3) is 0.161. The second-order valence-electron chi connectivity index (χ2n) is 9.22. The van der Waals surface area contributed by atoms with Gasteiger partial charge >= 0.3 is 11.9 Å². The number of carbonyl (C=O) groups is 2. The molecule has 1 aliphatic rings. The number of aromatic carboxylic acids is 1. The molecule has 0 bridgehead atoms. The number of carboxylic acid groups (broad SMARTS) is 1. The van der Waals surface area contributed by atoms with E-state index in [1.165, 1.54) is 34.1 Å². The first kappa shape index (κ1) is 27.7. The number of halogens is 1. The molecule has 3 aromatic carbocycles. The number of fused-ring (bicyclic) bond motifs is 1. The number of carbonyl (C=O) groups excluding carboxylic acids is 1. The van der Waals surface area contributed by atoms with Crippen LogP contribution in [0.2, 0.25) is 0 Å². The second kappa shape index (κ2) is 11.7. The first-order valence-corrected chi connectivity index (χ1v) is 13.6. The minimum atomic E-state index is -1.00. The quantitative estimate of drug-likeness (QED) is 0.317. The third-order valence-corrected chi connectivity index (χ3v) is 7.44. The Morgan fingerprint density at radius 3 is 2.51 bits per heavy atom. The largest absolute Gasteiger partial charge is 0.489 e. The molecule has 10 heteroatoms. The van der Waals surface area contributed by atoms with Crippen molar-refractivity contribution in [1.29, 1.82) is 0 Å². The number of ether oxygens (including phenoxy) is 2. The first-order valence-electron chi connectivity index (χ1n) is 12.8. The predicted molar refractivity (Wildman–Crippen MR) is 151 cm³/mol. The van der Waals surface area contributed by atoms with Gasteiger partial charge in [0, 0.05) is 0 Å². The molecule has 5 rings (SSSR count). The maximum Gasteiger partial charge on any atom is 0.338 e. The predicted octanol–water partition coefficient (Wildman–Crippen LogP) is 4.21. The van der Waals surface area contributed by atoms with Crippen LogP contribution in [0.4, 0.5) is 4.39 Å². The van der Waals surface area contributed by atoms with E-state index in [1.54, 1.807) is 74.5 Å². The number of benzene rings is 3.